The van der Waals surface area contributed by atoms with Crippen LogP contribution in [0.25, 0.3) is 6.08 Å². The number of hydrogen-bond acceptors (Lipinski definition) is 6. The van der Waals surface area contributed by atoms with E-state index in [1.54, 1.807) is 13.1 Å². The van der Waals surface area contributed by atoms with Crippen molar-refractivity contribution in [1.82, 2.24) is 9.78 Å². The highest BCUT2D eigenvalue weighted by molar-refractivity contribution is 6.05. The fourth-order valence-electron chi connectivity index (χ4n) is 1.96. The summed E-state index contributed by atoms with van der Waals surface area (Å²) >= 11 is 0. The van der Waals surface area contributed by atoms with Gasteiger partial charge in [-0.3, -0.25) is 19.6 Å². The number of carbonyl (C=O) groups is 2. The predicted octanol–water partition coefficient (Wildman–Crippen LogP) is 1.77. The molecule has 1 N–H and O–H groups in total. The van der Waals surface area contributed by atoms with Crippen molar-refractivity contribution >= 4 is 29.3 Å². The molecule has 0 bridgehead atoms. The molecule has 0 atom stereocenters. The topological polar surface area (TPSA) is 116 Å². The second kappa shape index (κ2) is 7.18. The van der Waals surface area contributed by atoms with Gasteiger partial charge in [0.05, 0.1) is 23.9 Å². The van der Waals surface area contributed by atoms with Crippen molar-refractivity contribution in [2.75, 3.05) is 12.4 Å². The standard InChI is InChI=1S/C15H14N4O5/c1-18-14(15(21)24-2)12(9-16-18)17-13(20)7-6-10-4-3-5-11(8-10)19(22)23/h3-9H,1-2H3,(H,17,20)/b7-6+. The Hall–Kier alpha value is -3.49. The lowest BCUT2D eigenvalue weighted by Gasteiger charge is -2.04. The van der Waals surface area contributed by atoms with E-state index >= 15 is 0 Å². The number of nitrogens with zero attached hydrogens (tertiary/aromatic N) is 3. The highest BCUT2D eigenvalue weighted by Gasteiger charge is 2.18. The Morgan fingerprint density at radius 3 is 2.83 bits per heavy atom. The van der Waals surface area contributed by atoms with Crippen molar-refractivity contribution in [3.63, 3.8) is 0 Å². The monoisotopic (exact) mass is 330 g/mol. The van der Waals surface area contributed by atoms with Gasteiger partial charge >= 0.3 is 5.97 Å². The maximum Gasteiger partial charge on any atom is 0.358 e. The minimum absolute atomic E-state index is 0.0715. The Kier molecular flexibility index (Phi) is 5.05. The molecule has 124 valence electrons. The lowest BCUT2D eigenvalue weighted by Crippen LogP contribution is -2.14. The van der Waals surface area contributed by atoms with Gasteiger partial charge in [-0.05, 0) is 11.6 Å². The number of nitrogens with one attached hydrogen (secondary N) is 1. The number of esters is 1. The lowest BCUT2D eigenvalue weighted by atomic mass is 10.2. The van der Waals surface area contributed by atoms with Gasteiger partial charge in [-0.2, -0.15) is 5.10 Å². The summed E-state index contributed by atoms with van der Waals surface area (Å²) in [5, 5.41) is 17.1. The van der Waals surface area contributed by atoms with Crippen LogP contribution in [-0.4, -0.2) is 33.7 Å². The Bertz CT molecular complexity index is 825. The first-order chi connectivity index (χ1) is 11.4. The van der Waals surface area contributed by atoms with E-state index in [-0.39, 0.29) is 17.1 Å². The molecular formula is C15H14N4O5. The van der Waals surface area contributed by atoms with E-state index in [4.69, 9.17) is 0 Å². The van der Waals surface area contributed by atoms with Gasteiger partial charge in [0, 0.05) is 25.3 Å². The second-order valence-electron chi connectivity index (χ2n) is 4.70. The van der Waals surface area contributed by atoms with Crippen molar-refractivity contribution < 1.29 is 19.2 Å². The SMILES string of the molecule is COC(=O)c1c(NC(=O)/C=C/c2cccc([N+](=O)[O-])c2)cnn1C. The number of anilines is 1. The summed E-state index contributed by atoms with van der Waals surface area (Å²) in [7, 11) is 2.77. The maximum atomic E-state index is 12.0. The Balaban J connectivity index is 2.13. The fraction of sp³-hybridized carbons (Fsp3) is 0.133. The van der Waals surface area contributed by atoms with Gasteiger partial charge < -0.3 is 10.1 Å². The molecule has 1 aromatic heterocycles. The van der Waals surface area contributed by atoms with Gasteiger partial charge in [0.1, 0.15) is 0 Å². The number of benzene rings is 1. The van der Waals surface area contributed by atoms with E-state index in [0.717, 1.165) is 0 Å². The van der Waals surface area contributed by atoms with Crippen molar-refractivity contribution in [1.29, 1.82) is 0 Å². The number of carbonyl (C=O) groups excluding carboxylic acids is 2. The van der Waals surface area contributed by atoms with Crippen LogP contribution >= 0.6 is 0 Å². The van der Waals surface area contributed by atoms with Gasteiger partial charge in [0.15, 0.2) is 5.69 Å². The first-order valence-electron chi connectivity index (χ1n) is 6.76. The normalized spacial score (nSPS) is 10.6. The number of hydrogen-bond donors (Lipinski definition) is 1. The van der Waals surface area contributed by atoms with E-state index in [1.165, 1.54) is 48.3 Å². The molecule has 1 aromatic carbocycles. The van der Waals surface area contributed by atoms with Crippen LogP contribution in [0.4, 0.5) is 11.4 Å². The number of aromatic nitrogens is 2. The average Bonchev–Trinajstić information content (AvgIpc) is 2.93. The number of rotatable bonds is 5. The van der Waals surface area contributed by atoms with Crippen molar-refractivity contribution in [2.24, 2.45) is 7.05 Å². The van der Waals surface area contributed by atoms with Gasteiger partial charge in [-0.25, -0.2) is 4.79 Å². The van der Waals surface area contributed by atoms with Crippen LogP contribution in [0, 0.1) is 10.1 Å². The molecule has 1 heterocycles. The fourth-order valence-corrected chi connectivity index (χ4v) is 1.96. The summed E-state index contributed by atoms with van der Waals surface area (Å²) < 4.78 is 5.91. The lowest BCUT2D eigenvalue weighted by molar-refractivity contribution is -0.384. The molecule has 0 spiro atoms. The first kappa shape index (κ1) is 16.9. The molecule has 0 unspecified atom stereocenters. The number of nitro groups is 1. The number of amides is 1. The van der Waals surface area contributed by atoms with E-state index < -0.39 is 16.8 Å². The molecule has 0 aliphatic rings. The van der Waals surface area contributed by atoms with Crippen molar-refractivity contribution in [3.8, 4) is 0 Å². The van der Waals surface area contributed by atoms with Crippen LogP contribution in [0.15, 0.2) is 36.5 Å². The Morgan fingerprint density at radius 2 is 2.17 bits per heavy atom. The third-order valence-corrected chi connectivity index (χ3v) is 3.08. The van der Waals surface area contributed by atoms with E-state index in [1.807, 2.05) is 0 Å². The van der Waals surface area contributed by atoms with Gasteiger partial charge in [-0.1, -0.05) is 12.1 Å². The summed E-state index contributed by atoms with van der Waals surface area (Å²) in [5.41, 5.74) is 0.740. The summed E-state index contributed by atoms with van der Waals surface area (Å²) in [5.74, 6) is -1.15. The highest BCUT2D eigenvalue weighted by Crippen LogP contribution is 2.16. The molecule has 0 saturated carbocycles. The minimum atomic E-state index is -0.632. The van der Waals surface area contributed by atoms with Crippen LogP contribution in [-0.2, 0) is 16.6 Å². The third kappa shape index (κ3) is 3.83. The van der Waals surface area contributed by atoms with Gasteiger partial charge in [0.2, 0.25) is 5.91 Å². The molecule has 0 aliphatic heterocycles. The largest absolute Gasteiger partial charge is 0.464 e. The highest BCUT2D eigenvalue weighted by atomic mass is 16.6. The summed E-state index contributed by atoms with van der Waals surface area (Å²) in [6, 6.07) is 5.84. The van der Waals surface area contributed by atoms with Crippen LogP contribution < -0.4 is 5.32 Å². The Morgan fingerprint density at radius 1 is 1.42 bits per heavy atom. The smallest absolute Gasteiger partial charge is 0.358 e. The zero-order valence-corrected chi connectivity index (χ0v) is 12.9. The molecule has 0 aliphatic carbocycles. The number of ether oxygens (including phenoxy) is 1. The van der Waals surface area contributed by atoms with Gasteiger partial charge in [0.25, 0.3) is 5.69 Å². The third-order valence-electron chi connectivity index (χ3n) is 3.08. The number of non-ortho nitro benzene ring substituents is 1. The number of aryl methyl sites for hydroxylation is 1. The summed E-state index contributed by atoms with van der Waals surface area (Å²) in [6.07, 6.45) is 3.95. The van der Waals surface area contributed by atoms with Crippen LogP contribution in [0.5, 0.6) is 0 Å². The van der Waals surface area contributed by atoms with E-state index in [9.17, 15) is 19.7 Å². The van der Waals surface area contributed by atoms with Gasteiger partial charge in [-0.15, -0.1) is 0 Å². The molecule has 0 fully saturated rings. The molecule has 2 rings (SSSR count). The second-order valence-corrected chi connectivity index (χ2v) is 4.70. The molecule has 9 heteroatoms. The van der Waals surface area contributed by atoms with Crippen LogP contribution in [0.3, 0.4) is 0 Å². The summed E-state index contributed by atoms with van der Waals surface area (Å²) in [4.78, 5) is 33.8. The van der Waals surface area contributed by atoms with Crippen LogP contribution in [0.2, 0.25) is 0 Å². The molecule has 0 radical (unpaired) electrons. The van der Waals surface area contributed by atoms with Crippen LogP contribution in [0.1, 0.15) is 16.1 Å². The minimum Gasteiger partial charge on any atom is -0.464 e. The molecule has 1 amide bonds. The van der Waals surface area contributed by atoms with Crippen molar-refractivity contribution in [2.45, 2.75) is 0 Å². The average molecular weight is 330 g/mol. The summed E-state index contributed by atoms with van der Waals surface area (Å²) in [6.45, 7) is 0. The quantitative estimate of drug-likeness (QED) is 0.386. The molecule has 24 heavy (non-hydrogen) atoms. The zero-order valence-electron chi connectivity index (χ0n) is 12.9. The first-order valence-corrected chi connectivity index (χ1v) is 6.76. The van der Waals surface area contributed by atoms with E-state index in [0.29, 0.717) is 5.56 Å². The number of methoxy groups -OCH3 is 1. The molecule has 2 aromatic rings. The molecular weight excluding hydrogens is 316 g/mol. The Labute approximate surface area is 136 Å². The van der Waals surface area contributed by atoms with E-state index in [2.05, 4.69) is 15.2 Å². The maximum absolute atomic E-state index is 12.0. The zero-order chi connectivity index (χ0) is 17.7. The number of nitro benzene ring substituents is 1. The van der Waals surface area contributed by atoms with Crippen molar-refractivity contribution in [3.05, 3.63) is 57.9 Å². The molecule has 9 nitrogen and oxygen atoms in total. The predicted molar refractivity (Wildman–Crippen MR) is 85.3 cm³/mol. The molecule has 0 saturated heterocycles.